The maximum absolute atomic E-state index is 10.7. The monoisotopic (exact) mass is 286 g/mol. The molecule has 3 rings (SSSR count). The Morgan fingerprint density at radius 3 is 2.68 bits per heavy atom. The van der Waals surface area contributed by atoms with Gasteiger partial charge in [-0.1, -0.05) is 6.42 Å². The number of hydrogen-bond acceptors (Lipinski definition) is 4. The number of ether oxygens (including phenoxy) is 2. The molecule has 19 heavy (non-hydrogen) atoms. The molecule has 4 heteroatoms. The molecule has 1 spiro atoms. The number of thioether (sulfide) groups is 1. The van der Waals surface area contributed by atoms with Crippen LogP contribution in [-0.4, -0.2) is 47.6 Å². The zero-order chi connectivity index (χ0) is 13.1. The van der Waals surface area contributed by atoms with E-state index in [0.717, 1.165) is 45.5 Å². The molecule has 1 N–H and O–H groups in total. The van der Waals surface area contributed by atoms with Crippen LogP contribution in [0.4, 0.5) is 0 Å². The second-order valence-corrected chi connectivity index (χ2v) is 7.64. The fraction of sp³-hybridized carbons (Fsp3) is 1.00. The molecule has 0 aromatic heterocycles. The second kappa shape index (κ2) is 6.33. The van der Waals surface area contributed by atoms with Gasteiger partial charge in [-0.3, -0.25) is 0 Å². The summed E-state index contributed by atoms with van der Waals surface area (Å²) in [6.07, 6.45) is 7.75. The van der Waals surface area contributed by atoms with E-state index in [2.05, 4.69) is 0 Å². The molecule has 3 atom stereocenters. The van der Waals surface area contributed by atoms with Crippen molar-refractivity contribution in [2.75, 3.05) is 25.6 Å². The van der Waals surface area contributed by atoms with Gasteiger partial charge in [0, 0.05) is 25.1 Å². The van der Waals surface area contributed by atoms with Crippen LogP contribution >= 0.6 is 11.8 Å². The lowest BCUT2D eigenvalue weighted by atomic mass is 9.77. The third-order valence-electron chi connectivity index (χ3n) is 5.01. The molecule has 3 saturated heterocycles. The topological polar surface area (TPSA) is 38.7 Å². The Balaban J connectivity index is 1.60. The predicted molar refractivity (Wildman–Crippen MR) is 77.6 cm³/mol. The first kappa shape index (κ1) is 14.2. The standard InChI is InChI=1S/C15H26O3S/c16-14(13-3-1-2-10-19-13)12-4-7-18-15(11-12)5-8-17-9-6-15/h12-14,16H,1-11H2. The summed E-state index contributed by atoms with van der Waals surface area (Å²) < 4.78 is 11.5. The van der Waals surface area contributed by atoms with Gasteiger partial charge in [-0.2, -0.15) is 11.8 Å². The number of hydrogen-bond donors (Lipinski definition) is 1. The molecule has 0 bridgehead atoms. The summed E-state index contributed by atoms with van der Waals surface area (Å²) in [7, 11) is 0. The van der Waals surface area contributed by atoms with Crippen LogP contribution in [0.1, 0.15) is 44.9 Å². The van der Waals surface area contributed by atoms with Crippen LogP contribution in [0.5, 0.6) is 0 Å². The van der Waals surface area contributed by atoms with Crippen LogP contribution in [0.2, 0.25) is 0 Å². The summed E-state index contributed by atoms with van der Waals surface area (Å²) in [6.45, 7) is 2.46. The van der Waals surface area contributed by atoms with Crippen molar-refractivity contribution in [3.8, 4) is 0 Å². The van der Waals surface area contributed by atoms with Crippen molar-refractivity contribution in [3.05, 3.63) is 0 Å². The van der Waals surface area contributed by atoms with Gasteiger partial charge in [0.25, 0.3) is 0 Å². The SMILES string of the molecule is OC(C1CCOC2(CCOCC2)C1)C1CCCCS1. The molecule has 0 aromatic carbocycles. The summed E-state index contributed by atoms with van der Waals surface area (Å²) in [5, 5.41) is 11.2. The van der Waals surface area contributed by atoms with Gasteiger partial charge in [-0.25, -0.2) is 0 Å². The minimum absolute atomic E-state index is 0.0154. The van der Waals surface area contributed by atoms with Crippen molar-refractivity contribution >= 4 is 11.8 Å². The number of aliphatic hydroxyl groups is 1. The molecule has 0 amide bonds. The largest absolute Gasteiger partial charge is 0.392 e. The van der Waals surface area contributed by atoms with E-state index in [1.165, 1.54) is 25.0 Å². The summed E-state index contributed by atoms with van der Waals surface area (Å²) in [5.41, 5.74) is 0.0154. The molecular formula is C15H26O3S. The Kier molecular flexibility index (Phi) is 4.73. The van der Waals surface area contributed by atoms with Crippen LogP contribution in [0, 0.1) is 5.92 Å². The van der Waals surface area contributed by atoms with Crippen LogP contribution in [-0.2, 0) is 9.47 Å². The van der Waals surface area contributed by atoms with Gasteiger partial charge in [0.05, 0.1) is 11.7 Å². The highest BCUT2D eigenvalue weighted by Gasteiger charge is 2.42. The van der Waals surface area contributed by atoms with E-state index in [9.17, 15) is 5.11 Å². The molecule has 0 aliphatic carbocycles. The van der Waals surface area contributed by atoms with E-state index in [0.29, 0.717) is 11.2 Å². The highest BCUT2D eigenvalue weighted by molar-refractivity contribution is 8.00. The molecule has 3 aliphatic rings. The van der Waals surface area contributed by atoms with Crippen LogP contribution in [0.3, 0.4) is 0 Å². The first-order valence-corrected chi connectivity index (χ1v) is 8.85. The lowest BCUT2D eigenvalue weighted by molar-refractivity contribution is -0.158. The fourth-order valence-electron chi connectivity index (χ4n) is 3.79. The van der Waals surface area contributed by atoms with Gasteiger partial charge in [0.1, 0.15) is 0 Å². The molecule has 0 saturated carbocycles. The van der Waals surface area contributed by atoms with E-state index in [4.69, 9.17) is 9.47 Å². The van der Waals surface area contributed by atoms with Crippen molar-refractivity contribution in [2.24, 2.45) is 5.92 Å². The molecule has 0 aromatic rings. The van der Waals surface area contributed by atoms with Crippen molar-refractivity contribution in [1.82, 2.24) is 0 Å². The zero-order valence-electron chi connectivity index (χ0n) is 11.7. The van der Waals surface area contributed by atoms with Crippen molar-refractivity contribution in [1.29, 1.82) is 0 Å². The third-order valence-corrected chi connectivity index (χ3v) is 6.48. The number of aliphatic hydroxyl groups excluding tert-OH is 1. The first-order valence-electron chi connectivity index (χ1n) is 7.80. The minimum atomic E-state index is -0.131. The quantitative estimate of drug-likeness (QED) is 0.847. The summed E-state index contributed by atoms with van der Waals surface area (Å²) in [6, 6.07) is 0. The Labute approximate surface area is 120 Å². The molecule has 3 unspecified atom stereocenters. The molecule has 3 nitrogen and oxygen atoms in total. The Bertz CT molecular complexity index is 280. The first-order chi connectivity index (χ1) is 9.29. The zero-order valence-corrected chi connectivity index (χ0v) is 12.5. The van der Waals surface area contributed by atoms with Gasteiger partial charge in [0.2, 0.25) is 0 Å². The van der Waals surface area contributed by atoms with Crippen LogP contribution in [0.15, 0.2) is 0 Å². The van der Waals surface area contributed by atoms with Gasteiger partial charge < -0.3 is 14.6 Å². The van der Waals surface area contributed by atoms with Gasteiger partial charge >= 0.3 is 0 Å². The highest BCUT2D eigenvalue weighted by atomic mass is 32.2. The molecule has 110 valence electrons. The maximum Gasteiger partial charge on any atom is 0.0730 e. The van der Waals surface area contributed by atoms with Crippen molar-refractivity contribution in [2.45, 2.75) is 61.9 Å². The van der Waals surface area contributed by atoms with E-state index < -0.39 is 0 Å². The second-order valence-electron chi connectivity index (χ2n) is 6.29. The molecule has 3 heterocycles. The van der Waals surface area contributed by atoms with E-state index >= 15 is 0 Å². The van der Waals surface area contributed by atoms with E-state index in [1.54, 1.807) is 0 Å². The van der Waals surface area contributed by atoms with Crippen molar-refractivity contribution < 1.29 is 14.6 Å². The Morgan fingerprint density at radius 2 is 1.95 bits per heavy atom. The fourth-order valence-corrected chi connectivity index (χ4v) is 5.21. The van der Waals surface area contributed by atoms with Crippen LogP contribution in [0.25, 0.3) is 0 Å². The van der Waals surface area contributed by atoms with Gasteiger partial charge in [-0.15, -0.1) is 0 Å². The lowest BCUT2D eigenvalue weighted by Crippen LogP contribution is -2.48. The van der Waals surface area contributed by atoms with Crippen molar-refractivity contribution in [3.63, 3.8) is 0 Å². The van der Waals surface area contributed by atoms with Gasteiger partial charge in [0.15, 0.2) is 0 Å². The minimum Gasteiger partial charge on any atom is -0.392 e. The van der Waals surface area contributed by atoms with Crippen LogP contribution < -0.4 is 0 Å². The summed E-state index contributed by atoms with van der Waals surface area (Å²) in [5.74, 6) is 1.66. The normalized spacial score (nSPS) is 37.1. The predicted octanol–water partition coefficient (Wildman–Crippen LogP) is 2.61. The van der Waals surface area contributed by atoms with Gasteiger partial charge in [-0.05, 0) is 50.2 Å². The number of rotatable bonds is 2. The molecule has 3 aliphatic heterocycles. The summed E-state index contributed by atoms with van der Waals surface area (Å²) >= 11 is 1.98. The molecule has 0 radical (unpaired) electrons. The molecular weight excluding hydrogens is 260 g/mol. The van der Waals surface area contributed by atoms with E-state index in [-0.39, 0.29) is 11.7 Å². The average Bonchev–Trinajstić information content (AvgIpc) is 2.48. The smallest absolute Gasteiger partial charge is 0.0730 e. The van der Waals surface area contributed by atoms with E-state index in [1.807, 2.05) is 11.8 Å². The average molecular weight is 286 g/mol. The Hall–Kier alpha value is 0.230. The molecule has 3 fully saturated rings. The third kappa shape index (κ3) is 3.29. The lowest BCUT2D eigenvalue weighted by Gasteiger charge is -2.45. The maximum atomic E-state index is 10.7. The Morgan fingerprint density at radius 1 is 1.11 bits per heavy atom. The highest BCUT2D eigenvalue weighted by Crippen LogP contribution is 2.41. The summed E-state index contributed by atoms with van der Waals surface area (Å²) in [4.78, 5) is 0.